The number of amides is 4. The molecule has 0 aliphatic carbocycles. The van der Waals surface area contributed by atoms with Crippen molar-refractivity contribution in [2.45, 2.75) is 71.2 Å². The Morgan fingerprint density at radius 2 is 1.21 bits per heavy atom. The summed E-state index contributed by atoms with van der Waals surface area (Å²) in [6, 6.07) is 10.3. The lowest BCUT2D eigenvalue weighted by atomic mass is 9.85. The number of nitrogens with one attached hydrogen (secondary N) is 5. The number of nitrogens with zero attached hydrogens (tertiary/aromatic N) is 2. The van der Waals surface area contributed by atoms with Gasteiger partial charge < -0.3 is 65.3 Å². The van der Waals surface area contributed by atoms with Crippen LogP contribution in [0.3, 0.4) is 0 Å². The Morgan fingerprint density at radius 3 is 1.69 bits per heavy atom. The zero-order valence-corrected chi connectivity index (χ0v) is 29.6. The number of carbonyl (C=O) groups is 4. The van der Waals surface area contributed by atoms with Gasteiger partial charge in [-0.25, -0.2) is 0 Å². The van der Waals surface area contributed by atoms with Crippen LogP contribution in [0.25, 0.3) is 0 Å². The van der Waals surface area contributed by atoms with E-state index in [2.05, 4.69) is 31.6 Å². The van der Waals surface area contributed by atoms with Crippen molar-refractivity contribution in [1.29, 1.82) is 5.41 Å². The SMILES string of the molecule is CC(C)(C)[C@H](NC(=O)[C@H](CCON=C(N)N)NC(=O)Cc1ccc(CN)cc1)C(=O)N[C@@H](CCON=C(N)N)C(=O)NCc1ccc(C(=N)N)cc1. The summed E-state index contributed by atoms with van der Waals surface area (Å²) in [5.41, 5.74) is 34.4. The van der Waals surface area contributed by atoms with Crippen LogP contribution in [-0.2, 0) is 48.4 Å². The number of hydrogen-bond acceptors (Lipinski definition) is 10. The van der Waals surface area contributed by atoms with Crippen LogP contribution >= 0.6 is 0 Å². The Bertz CT molecular complexity index is 1570. The normalized spacial score (nSPS) is 12.5. The molecule has 19 heteroatoms. The van der Waals surface area contributed by atoms with Crippen LogP contribution in [0.2, 0.25) is 0 Å². The van der Waals surface area contributed by atoms with Crippen LogP contribution in [0.1, 0.15) is 55.9 Å². The van der Waals surface area contributed by atoms with Crippen LogP contribution in [0.5, 0.6) is 0 Å². The molecule has 0 saturated heterocycles. The summed E-state index contributed by atoms with van der Waals surface area (Å²) in [5, 5.41) is 25.3. The molecule has 0 bridgehead atoms. The molecule has 0 unspecified atom stereocenters. The maximum Gasteiger partial charge on any atom is 0.243 e. The average molecular weight is 726 g/mol. The second-order valence-electron chi connectivity index (χ2n) is 12.8. The highest BCUT2D eigenvalue weighted by molar-refractivity contribution is 5.95. The Morgan fingerprint density at radius 1 is 0.712 bits per heavy atom. The van der Waals surface area contributed by atoms with Gasteiger partial charge in [-0.3, -0.25) is 24.6 Å². The van der Waals surface area contributed by atoms with Gasteiger partial charge in [-0.2, -0.15) is 0 Å². The van der Waals surface area contributed by atoms with Gasteiger partial charge in [-0.05, 0) is 32.4 Å². The lowest BCUT2D eigenvalue weighted by Gasteiger charge is -2.33. The van der Waals surface area contributed by atoms with E-state index in [1.54, 1.807) is 69.3 Å². The van der Waals surface area contributed by atoms with Crippen LogP contribution in [-0.4, -0.2) is 72.7 Å². The molecule has 52 heavy (non-hydrogen) atoms. The topological polar surface area (TPSA) is 340 Å². The van der Waals surface area contributed by atoms with E-state index in [1.807, 2.05) is 0 Å². The zero-order valence-electron chi connectivity index (χ0n) is 29.6. The summed E-state index contributed by atoms with van der Waals surface area (Å²) in [6.45, 7) is 5.32. The number of amidine groups is 1. The lowest BCUT2D eigenvalue weighted by Crippen LogP contribution is -2.60. The molecule has 0 aliphatic rings. The summed E-state index contributed by atoms with van der Waals surface area (Å²) in [6.07, 6.45) is -0.138. The van der Waals surface area contributed by atoms with Crippen LogP contribution in [0, 0.1) is 10.8 Å². The van der Waals surface area contributed by atoms with Crippen molar-refractivity contribution >= 4 is 41.4 Å². The van der Waals surface area contributed by atoms with Crippen LogP contribution in [0.15, 0.2) is 58.8 Å². The molecule has 2 aromatic carbocycles. The van der Waals surface area contributed by atoms with E-state index in [1.165, 1.54) is 0 Å². The van der Waals surface area contributed by atoms with Crippen molar-refractivity contribution in [3.63, 3.8) is 0 Å². The van der Waals surface area contributed by atoms with E-state index in [0.717, 1.165) is 5.56 Å². The quantitative estimate of drug-likeness (QED) is 0.0305. The summed E-state index contributed by atoms with van der Waals surface area (Å²) in [4.78, 5) is 64.0. The summed E-state index contributed by atoms with van der Waals surface area (Å²) >= 11 is 0. The molecule has 4 amide bonds. The van der Waals surface area contributed by atoms with Gasteiger partial charge in [0.05, 0.1) is 6.42 Å². The zero-order chi connectivity index (χ0) is 38.8. The first kappa shape index (κ1) is 42.1. The van der Waals surface area contributed by atoms with Gasteiger partial charge in [0, 0.05) is 31.5 Å². The van der Waals surface area contributed by atoms with Crippen molar-refractivity contribution in [3.8, 4) is 0 Å². The molecule has 0 fully saturated rings. The molecular weight excluding hydrogens is 674 g/mol. The molecule has 2 aromatic rings. The highest BCUT2D eigenvalue weighted by Gasteiger charge is 2.36. The maximum absolute atomic E-state index is 13.8. The molecule has 0 aliphatic heterocycles. The number of nitrogen functional groups attached to an aromatic ring is 1. The average Bonchev–Trinajstić information content (AvgIpc) is 3.08. The van der Waals surface area contributed by atoms with Crippen molar-refractivity contribution in [1.82, 2.24) is 21.3 Å². The minimum Gasteiger partial charge on any atom is -0.393 e. The second kappa shape index (κ2) is 20.5. The molecule has 3 atom stereocenters. The summed E-state index contributed by atoms with van der Waals surface area (Å²) < 4.78 is 0. The number of guanidine groups is 2. The Labute approximate surface area is 302 Å². The fourth-order valence-electron chi connectivity index (χ4n) is 4.63. The fourth-order valence-corrected chi connectivity index (χ4v) is 4.63. The number of rotatable bonds is 20. The highest BCUT2D eigenvalue weighted by Crippen LogP contribution is 2.20. The predicted molar refractivity (Wildman–Crippen MR) is 195 cm³/mol. The lowest BCUT2D eigenvalue weighted by molar-refractivity contribution is -0.136. The molecule has 19 nitrogen and oxygen atoms in total. The molecule has 0 aromatic heterocycles. The van der Waals surface area contributed by atoms with E-state index < -0.39 is 47.2 Å². The van der Waals surface area contributed by atoms with Gasteiger partial charge in [0.25, 0.3) is 0 Å². The predicted octanol–water partition coefficient (Wildman–Crippen LogP) is -2.02. The molecule has 0 heterocycles. The summed E-state index contributed by atoms with van der Waals surface area (Å²) in [7, 11) is 0. The molecule has 0 spiro atoms. The number of carbonyl (C=O) groups excluding carboxylic acids is 4. The number of oxime groups is 2. The first-order chi connectivity index (χ1) is 24.5. The molecule has 2 rings (SSSR count). The molecule has 284 valence electrons. The Kier molecular flexibility index (Phi) is 16.6. The smallest absolute Gasteiger partial charge is 0.243 e. The first-order valence-electron chi connectivity index (χ1n) is 16.3. The third-order valence-corrected chi connectivity index (χ3v) is 7.39. The third-order valence-electron chi connectivity index (χ3n) is 7.39. The van der Waals surface area contributed by atoms with E-state index >= 15 is 0 Å². The summed E-state index contributed by atoms with van der Waals surface area (Å²) in [5.74, 6) is -3.16. The molecule has 0 saturated carbocycles. The van der Waals surface area contributed by atoms with Gasteiger partial charge in [-0.1, -0.05) is 69.3 Å². The fraction of sp³-hybridized carbons (Fsp3) is 0.424. The van der Waals surface area contributed by atoms with Gasteiger partial charge >= 0.3 is 0 Å². The third kappa shape index (κ3) is 15.2. The van der Waals surface area contributed by atoms with Crippen LogP contribution in [0.4, 0.5) is 0 Å². The first-order valence-corrected chi connectivity index (χ1v) is 16.3. The largest absolute Gasteiger partial charge is 0.393 e. The standard InChI is InChI=1S/C33H51N13O6/c1-33(2,3)26(44-29(49)24(13-15-52-46-32(39)40)42-25(47)16-19-4-6-20(17-34)7-5-19)30(50)43-23(12-14-51-45-31(37)38)28(48)41-18-21-8-10-22(11-9-21)27(35)36/h4-11,23-24,26H,12-18,34H2,1-3H3,(H3,35,36)(H,41,48)(H,42,47)(H,43,50)(H,44,49)(H4,37,38,45)(H4,39,40,46)/t23-,24-,26+/m0/s1. The second-order valence-corrected chi connectivity index (χ2v) is 12.8. The monoisotopic (exact) mass is 725 g/mol. The Hall–Kier alpha value is -6.11. The van der Waals surface area contributed by atoms with Gasteiger partial charge in [-0.15, -0.1) is 0 Å². The maximum atomic E-state index is 13.8. The number of nitrogens with two attached hydrogens (primary N) is 6. The number of benzene rings is 2. The van der Waals surface area contributed by atoms with E-state index in [0.29, 0.717) is 23.2 Å². The van der Waals surface area contributed by atoms with Gasteiger partial charge in [0.15, 0.2) is 0 Å². The van der Waals surface area contributed by atoms with Crippen molar-refractivity contribution in [2.24, 2.45) is 50.1 Å². The van der Waals surface area contributed by atoms with Crippen molar-refractivity contribution in [2.75, 3.05) is 13.2 Å². The van der Waals surface area contributed by atoms with Crippen molar-refractivity contribution < 1.29 is 28.9 Å². The van der Waals surface area contributed by atoms with Gasteiger partial charge in [0.1, 0.15) is 37.2 Å². The van der Waals surface area contributed by atoms with E-state index in [-0.39, 0.29) is 56.8 Å². The Balaban J connectivity index is 2.24. The van der Waals surface area contributed by atoms with E-state index in [9.17, 15) is 19.2 Å². The molecule has 17 N–H and O–H groups in total. The molecular formula is C33H51N13O6. The minimum atomic E-state index is -1.19. The number of hydrogen-bond donors (Lipinski definition) is 11. The van der Waals surface area contributed by atoms with Crippen molar-refractivity contribution in [3.05, 3.63) is 70.8 Å². The molecule has 0 radical (unpaired) electrons. The highest BCUT2D eigenvalue weighted by atomic mass is 16.6. The minimum absolute atomic E-state index is 0.0356. The van der Waals surface area contributed by atoms with E-state index in [4.69, 9.17) is 49.5 Å². The van der Waals surface area contributed by atoms with Gasteiger partial charge in [0.2, 0.25) is 35.5 Å². The van der Waals surface area contributed by atoms with Crippen LogP contribution < -0.4 is 55.7 Å².